The van der Waals surface area contributed by atoms with Gasteiger partial charge in [-0.05, 0) is 40.0 Å². The van der Waals surface area contributed by atoms with E-state index in [9.17, 15) is 8.42 Å². The highest BCUT2D eigenvalue weighted by Gasteiger charge is 2.28. The average molecular weight is 359 g/mol. The van der Waals surface area contributed by atoms with E-state index >= 15 is 0 Å². The largest absolute Gasteiger partial charge is 0.284 e. The van der Waals surface area contributed by atoms with Gasteiger partial charge < -0.3 is 0 Å². The number of nitrogens with zero attached hydrogens (tertiary/aromatic N) is 4. The molecule has 1 aromatic carbocycles. The Hall–Kier alpha value is -1.41. The number of aryl methyl sites for hydroxylation is 2. The van der Waals surface area contributed by atoms with Crippen molar-refractivity contribution in [2.24, 2.45) is 7.05 Å². The van der Waals surface area contributed by atoms with Crippen LogP contribution in [0.25, 0.3) is 0 Å². The molecule has 20 heavy (non-hydrogen) atoms. The molecule has 1 aromatic heterocycles. The third-order valence-corrected chi connectivity index (χ3v) is 5.72. The number of aromatic nitrogens is 3. The van der Waals surface area contributed by atoms with Crippen LogP contribution in [-0.2, 0) is 23.5 Å². The smallest absolute Gasteiger partial charge is 0.268 e. The minimum Gasteiger partial charge on any atom is -0.268 e. The molecule has 0 unspecified atom stereocenters. The summed E-state index contributed by atoms with van der Waals surface area (Å²) in [6.45, 7) is 2.05. The average Bonchev–Trinajstić information content (AvgIpc) is 2.78. The van der Waals surface area contributed by atoms with Gasteiger partial charge >= 0.3 is 0 Å². The van der Waals surface area contributed by atoms with Crippen molar-refractivity contribution in [3.63, 3.8) is 0 Å². The molecule has 0 radical (unpaired) electrons. The van der Waals surface area contributed by atoms with Gasteiger partial charge in [0.2, 0.25) is 5.03 Å². The van der Waals surface area contributed by atoms with E-state index in [1.807, 2.05) is 19.1 Å². The van der Waals surface area contributed by atoms with Crippen LogP contribution < -0.4 is 4.31 Å². The SMILES string of the molecule is CCc1ccc(N(C)S(=O)(=O)c2c(Br)nnn2C)cc1. The monoisotopic (exact) mass is 358 g/mol. The summed E-state index contributed by atoms with van der Waals surface area (Å²) in [5, 5.41) is 7.44. The quantitative estimate of drug-likeness (QED) is 0.837. The zero-order valence-corrected chi connectivity index (χ0v) is 13.8. The number of anilines is 1. The van der Waals surface area contributed by atoms with Crippen LogP contribution in [0.1, 0.15) is 12.5 Å². The highest BCUT2D eigenvalue weighted by Crippen LogP contribution is 2.25. The fraction of sp³-hybridized carbons (Fsp3) is 0.333. The zero-order chi connectivity index (χ0) is 14.9. The molecule has 0 saturated heterocycles. The summed E-state index contributed by atoms with van der Waals surface area (Å²) >= 11 is 3.12. The second-order valence-corrected chi connectivity index (χ2v) is 6.94. The van der Waals surface area contributed by atoms with E-state index in [1.165, 1.54) is 16.0 Å². The van der Waals surface area contributed by atoms with E-state index in [0.717, 1.165) is 12.0 Å². The second kappa shape index (κ2) is 5.53. The second-order valence-electron chi connectivity index (χ2n) is 4.30. The Bertz CT molecular complexity index is 690. The van der Waals surface area contributed by atoms with Crippen molar-refractivity contribution < 1.29 is 8.42 Å². The molecule has 0 atom stereocenters. The minimum absolute atomic E-state index is 0.0274. The summed E-state index contributed by atoms with van der Waals surface area (Å²) < 4.78 is 27.8. The first-order chi connectivity index (χ1) is 9.37. The fourth-order valence-corrected chi connectivity index (χ4v) is 4.03. The van der Waals surface area contributed by atoms with Crippen LogP contribution in [0.15, 0.2) is 33.9 Å². The molecule has 8 heteroatoms. The third kappa shape index (κ3) is 2.57. The van der Waals surface area contributed by atoms with Crippen molar-refractivity contribution in [2.75, 3.05) is 11.4 Å². The summed E-state index contributed by atoms with van der Waals surface area (Å²) in [6.07, 6.45) is 0.911. The van der Waals surface area contributed by atoms with Gasteiger partial charge in [-0.15, -0.1) is 5.10 Å². The van der Waals surface area contributed by atoms with E-state index in [1.54, 1.807) is 19.2 Å². The first kappa shape index (κ1) is 15.0. The van der Waals surface area contributed by atoms with Gasteiger partial charge in [0.1, 0.15) is 0 Å². The Balaban J connectivity index is 2.43. The Morgan fingerprint density at radius 3 is 2.35 bits per heavy atom. The van der Waals surface area contributed by atoms with Gasteiger partial charge in [-0.1, -0.05) is 24.3 Å². The van der Waals surface area contributed by atoms with E-state index in [0.29, 0.717) is 5.69 Å². The minimum atomic E-state index is -3.71. The van der Waals surface area contributed by atoms with Crippen LogP contribution >= 0.6 is 15.9 Å². The molecule has 0 amide bonds. The molecule has 0 N–H and O–H groups in total. The van der Waals surface area contributed by atoms with Gasteiger partial charge in [-0.3, -0.25) is 4.31 Å². The molecule has 0 spiro atoms. The van der Waals surface area contributed by atoms with Crippen molar-refractivity contribution in [3.05, 3.63) is 34.4 Å². The molecule has 0 aliphatic rings. The van der Waals surface area contributed by atoms with Gasteiger partial charge in [-0.25, -0.2) is 4.68 Å². The van der Waals surface area contributed by atoms with Gasteiger partial charge in [0.25, 0.3) is 10.0 Å². The zero-order valence-electron chi connectivity index (χ0n) is 11.4. The van der Waals surface area contributed by atoms with E-state index < -0.39 is 10.0 Å². The summed E-state index contributed by atoms with van der Waals surface area (Å²) in [5.74, 6) is 0. The van der Waals surface area contributed by atoms with Crippen molar-refractivity contribution in [1.29, 1.82) is 0 Å². The molecule has 0 bridgehead atoms. The lowest BCUT2D eigenvalue weighted by Crippen LogP contribution is -2.28. The van der Waals surface area contributed by atoms with Crippen molar-refractivity contribution in [3.8, 4) is 0 Å². The molecule has 0 saturated carbocycles. The first-order valence-corrected chi connectivity index (χ1v) is 8.24. The highest BCUT2D eigenvalue weighted by atomic mass is 79.9. The van der Waals surface area contributed by atoms with Crippen LogP contribution in [0.2, 0.25) is 0 Å². The number of hydrogen-bond donors (Lipinski definition) is 0. The molecule has 6 nitrogen and oxygen atoms in total. The fourth-order valence-electron chi connectivity index (χ4n) is 1.81. The molecular weight excluding hydrogens is 344 g/mol. The number of benzene rings is 1. The van der Waals surface area contributed by atoms with Crippen LogP contribution in [0, 0.1) is 0 Å². The Labute approximate surface area is 126 Å². The van der Waals surface area contributed by atoms with E-state index in [4.69, 9.17) is 0 Å². The van der Waals surface area contributed by atoms with Crippen molar-refractivity contribution >= 4 is 31.6 Å². The maximum atomic E-state index is 12.6. The molecule has 0 aliphatic heterocycles. The van der Waals surface area contributed by atoms with E-state index in [-0.39, 0.29) is 9.63 Å². The summed E-state index contributed by atoms with van der Waals surface area (Å²) in [7, 11) is -0.655. The molecule has 108 valence electrons. The lowest BCUT2D eigenvalue weighted by atomic mass is 10.1. The maximum absolute atomic E-state index is 12.6. The van der Waals surface area contributed by atoms with Gasteiger partial charge in [0, 0.05) is 14.1 Å². The van der Waals surface area contributed by atoms with Crippen LogP contribution in [-0.4, -0.2) is 30.5 Å². The third-order valence-electron chi connectivity index (χ3n) is 3.05. The highest BCUT2D eigenvalue weighted by molar-refractivity contribution is 9.10. The summed E-state index contributed by atoms with van der Waals surface area (Å²) in [4.78, 5) is 0. The number of halogens is 1. The Morgan fingerprint density at radius 2 is 1.90 bits per heavy atom. The van der Waals surface area contributed by atoms with Crippen molar-refractivity contribution in [2.45, 2.75) is 18.4 Å². The maximum Gasteiger partial charge on any atom is 0.284 e. The van der Waals surface area contributed by atoms with E-state index in [2.05, 4.69) is 26.2 Å². The molecule has 0 fully saturated rings. The molecule has 0 aliphatic carbocycles. The van der Waals surface area contributed by atoms with Crippen LogP contribution in [0.3, 0.4) is 0 Å². The van der Waals surface area contributed by atoms with Gasteiger partial charge in [-0.2, -0.15) is 8.42 Å². The number of sulfonamides is 1. The topological polar surface area (TPSA) is 68.1 Å². The predicted octanol–water partition coefficient (Wildman–Crippen LogP) is 1.97. The summed E-state index contributed by atoms with van der Waals surface area (Å²) in [5.41, 5.74) is 1.75. The lowest BCUT2D eigenvalue weighted by Gasteiger charge is -2.19. The number of rotatable bonds is 4. The van der Waals surface area contributed by atoms with Crippen LogP contribution in [0.4, 0.5) is 5.69 Å². The van der Waals surface area contributed by atoms with Gasteiger partial charge in [0.15, 0.2) is 4.60 Å². The predicted molar refractivity (Wildman–Crippen MR) is 80.1 cm³/mol. The molecule has 2 rings (SSSR count). The normalized spacial score (nSPS) is 11.6. The van der Waals surface area contributed by atoms with Crippen LogP contribution in [0.5, 0.6) is 0 Å². The first-order valence-electron chi connectivity index (χ1n) is 6.01. The Morgan fingerprint density at radius 1 is 1.30 bits per heavy atom. The molecular formula is C12H15BrN4O2S. The number of hydrogen-bond acceptors (Lipinski definition) is 4. The lowest BCUT2D eigenvalue weighted by molar-refractivity contribution is 0.572. The van der Waals surface area contributed by atoms with Gasteiger partial charge in [0.05, 0.1) is 5.69 Å². The summed E-state index contributed by atoms with van der Waals surface area (Å²) in [6, 6.07) is 7.40. The Kier molecular flexibility index (Phi) is 4.14. The van der Waals surface area contributed by atoms with Crippen molar-refractivity contribution in [1.82, 2.24) is 15.0 Å². The molecule has 2 aromatic rings. The standard InChI is InChI=1S/C12H15BrN4O2S/c1-4-9-5-7-10(8-6-9)17(3)20(18,19)12-11(13)14-15-16(12)2/h5-8H,4H2,1-3H3. The molecule has 1 heterocycles.